The first kappa shape index (κ1) is 12.6. The number of esters is 1. The molecule has 1 heterocycles. The van der Waals surface area contributed by atoms with Crippen LogP contribution in [0.4, 0.5) is 4.39 Å². The standard InChI is InChI=1S/C12H9ClFNO3/c1-6-10(12(16)17-2)11(15-18-6)8-5-7(14)3-4-9(8)13/h3-5H,1-2H3. The average Bonchev–Trinajstić information content (AvgIpc) is 2.73. The molecule has 0 aliphatic heterocycles. The summed E-state index contributed by atoms with van der Waals surface area (Å²) >= 11 is 5.96. The SMILES string of the molecule is COC(=O)c1c(-c2cc(F)ccc2Cl)noc1C. The van der Waals surface area contributed by atoms with Crippen molar-refractivity contribution in [3.8, 4) is 11.3 Å². The van der Waals surface area contributed by atoms with E-state index in [1.54, 1.807) is 6.92 Å². The average molecular weight is 270 g/mol. The zero-order valence-electron chi connectivity index (χ0n) is 9.66. The second kappa shape index (κ2) is 4.78. The number of aromatic nitrogens is 1. The molecule has 0 N–H and O–H groups in total. The van der Waals surface area contributed by atoms with Crippen molar-refractivity contribution in [3.63, 3.8) is 0 Å². The molecule has 1 aromatic carbocycles. The molecule has 94 valence electrons. The molecule has 0 unspecified atom stereocenters. The van der Waals surface area contributed by atoms with Gasteiger partial charge in [-0.25, -0.2) is 9.18 Å². The number of benzene rings is 1. The number of carbonyl (C=O) groups excluding carboxylic acids is 1. The van der Waals surface area contributed by atoms with Crippen LogP contribution in [0.5, 0.6) is 0 Å². The summed E-state index contributed by atoms with van der Waals surface area (Å²) in [7, 11) is 1.24. The van der Waals surface area contributed by atoms with Gasteiger partial charge in [0.05, 0.1) is 12.1 Å². The molecular formula is C12H9ClFNO3. The van der Waals surface area contributed by atoms with E-state index >= 15 is 0 Å². The van der Waals surface area contributed by atoms with Crippen molar-refractivity contribution in [2.24, 2.45) is 0 Å². The zero-order valence-corrected chi connectivity index (χ0v) is 10.4. The van der Waals surface area contributed by atoms with Gasteiger partial charge in [-0.3, -0.25) is 0 Å². The van der Waals surface area contributed by atoms with Gasteiger partial charge >= 0.3 is 5.97 Å². The number of methoxy groups -OCH3 is 1. The minimum Gasteiger partial charge on any atom is -0.465 e. The first-order chi connectivity index (χ1) is 8.54. The van der Waals surface area contributed by atoms with E-state index in [0.29, 0.717) is 0 Å². The lowest BCUT2D eigenvalue weighted by Crippen LogP contribution is -2.03. The van der Waals surface area contributed by atoms with Gasteiger partial charge in [-0.05, 0) is 25.1 Å². The lowest BCUT2D eigenvalue weighted by atomic mass is 10.1. The maximum Gasteiger partial charge on any atom is 0.343 e. The molecule has 0 fully saturated rings. The van der Waals surface area contributed by atoms with Crippen LogP contribution in [0.25, 0.3) is 11.3 Å². The quantitative estimate of drug-likeness (QED) is 0.786. The largest absolute Gasteiger partial charge is 0.465 e. The zero-order chi connectivity index (χ0) is 13.3. The first-order valence-electron chi connectivity index (χ1n) is 5.04. The fourth-order valence-corrected chi connectivity index (χ4v) is 1.78. The molecule has 6 heteroatoms. The number of halogens is 2. The number of hydrogen-bond acceptors (Lipinski definition) is 4. The van der Waals surface area contributed by atoms with Crippen LogP contribution in [0.3, 0.4) is 0 Å². The molecular weight excluding hydrogens is 261 g/mol. The fraction of sp³-hybridized carbons (Fsp3) is 0.167. The molecule has 0 aliphatic rings. The third kappa shape index (κ3) is 2.09. The van der Waals surface area contributed by atoms with Crippen LogP contribution >= 0.6 is 11.6 Å². The van der Waals surface area contributed by atoms with Gasteiger partial charge in [-0.1, -0.05) is 16.8 Å². The number of carbonyl (C=O) groups is 1. The van der Waals surface area contributed by atoms with Crippen molar-refractivity contribution < 1.29 is 18.4 Å². The summed E-state index contributed by atoms with van der Waals surface area (Å²) in [5, 5.41) is 4.00. The van der Waals surface area contributed by atoms with Gasteiger partial charge in [0.2, 0.25) is 0 Å². The van der Waals surface area contributed by atoms with Gasteiger partial charge in [0, 0.05) is 5.56 Å². The molecule has 2 aromatic rings. The highest BCUT2D eigenvalue weighted by Crippen LogP contribution is 2.32. The summed E-state index contributed by atoms with van der Waals surface area (Å²) in [6.07, 6.45) is 0. The molecule has 0 spiro atoms. The van der Waals surface area contributed by atoms with E-state index in [1.165, 1.54) is 25.3 Å². The van der Waals surface area contributed by atoms with Gasteiger partial charge in [0.1, 0.15) is 22.8 Å². The minimum atomic E-state index is -0.607. The van der Waals surface area contributed by atoms with Crippen LogP contribution in [0.2, 0.25) is 5.02 Å². The molecule has 0 radical (unpaired) electrons. The Hall–Kier alpha value is -1.88. The van der Waals surface area contributed by atoms with E-state index in [2.05, 4.69) is 9.89 Å². The van der Waals surface area contributed by atoms with Crippen LogP contribution in [-0.4, -0.2) is 18.2 Å². The molecule has 1 aromatic heterocycles. The van der Waals surface area contributed by atoms with E-state index in [4.69, 9.17) is 16.1 Å². The van der Waals surface area contributed by atoms with E-state index in [9.17, 15) is 9.18 Å². The number of hydrogen-bond donors (Lipinski definition) is 0. The summed E-state index contributed by atoms with van der Waals surface area (Å²) in [4.78, 5) is 11.6. The Morgan fingerprint density at radius 3 is 2.89 bits per heavy atom. The molecule has 18 heavy (non-hydrogen) atoms. The molecule has 0 amide bonds. The Labute approximate surface area is 107 Å². The van der Waals surface area contributed by atoms with Gasteiger partial charge < -0.3 is 9.26 Å². The summed E-state index contributed by atoms with van der Waals surface area (Å²) in [6.45, 7) is 1.57. The molecule has 0 atom stereocenters. The first-order valence-corrected chi connectivity index (χ1v) is 5.42. The monoisotopic (exact) mass is 269 g/mol. The highest BCUT2D eigenvalue weighted by Gasteiger charge is 2.23. The van der Waals surface area contributed by atoms with Crippen LogP contribution in [0, 0.1) is 12.7 Å². The van der Waals surface area contributed by atoms with Gasteiger partial charge in [-0.15, -0.1) is 0 Å². The van der Waals surface area contributed by atoms with Gasteiger partial charge in [0.15, 0.2) is 0 Å². The van der Waals surface area contributed by atoms with Crippen molar-refractivity contribution in [2.45, 2.75) is 6.92 Å². The van der Waals surface area contributed by atoms with Crippen molar-refractivity contribution in [1.29, 1.82) is 0 Å². The van der Waals surface area contributed by atoms with Crippen molar-refractivity contribution in [2.75, 3.05) is 7.11 Å². The molecule has 0 bridgehead atoms. The molecule has 4 nitrogen and oxygen atoms in total. The summed E-state index contributed by atoms with van der Waals surface area (Å²) in [5.74, 6) is -0.799. The van der Waals surface area contributed by atoms with Crippen LogP contribution < -0.4 is 0 Å². The van der Waals surface area contributed by atoms with Crippen molar-refractivity contribution in [1.82, 2.24) is 5.16 Å². The van der Waals surface area contributed by atoms with E-state index < -0.39 is 11.8 Å². The Kier molecular flexibility index (Phi) is 3.34. The second-order valence-corrected chi connectivity index (χ2v) is 3.99. The lowest BCUT2D eigenvalue weighted by molar-refractivity contribution is 0.0599. The lowest BCUT2D eigenvalue weighted by Gasteiger charge is -2.03. The summed E-state index contributed by atoms with van der Waals surface area (Å²) in [5.41, 5.74) is 0.600. The smallest absolute Gasteiger partial charge is 0.343 e. The Bertz CT molecular complexity index is 609. The number of nitrogens with zero attached hydrogens (tertiary/aromatic N) is 1. The highest BCUT2D eigenvalue weighted by atomic mass is 35.5. The van der Waals surface area contributed by atoms with Gasteiger partial charge in [-0.2, -0.15) is 0 Å². The number of rotatable bonds is 2. The van der Waals surface area contributed by atoms with E-state index in [0.717, 1.165) is 0 Å². The predicted octanol–water partition coefficient (Wildman–Crippen LogP) is 3.23. The highest BCUT2D eigenvalue weighted by molar-refractivity contribution is 6.33. The van der Waals surface area contributed by atoms with Crippen LogP contribution in [0.15, 0.2) is 22.7 Å². The van der Waals surface area contributed by atoms with Crippen LogP contribution in [0.1, 0.15) is 16.1 Å². The summed E-state index contributed by atoms with van der Waals surface area (Å²) in [6, 6.07) is 3.79. The topological polar surface area (TPSA) is 52.3 Å². The molecule has 0 saturated carbocycles. The Morgan fingerprint density at radius 2 is 2.22 bits per heavy atom. The molecule has 0 saturated heterocycles. The summed E-state index contributed by atoms with van der Waals surface area (Å²) < 4.78 is 22.8. The van der Waals surface area contributed by atoms with E-state index in [-0.39, 0.29) is 27.6 Å². The number of aryl methyl sites for hydroxylation is 1. The number of ether oxygens (including phenoxy) is 1. The predicted molar refractivity (Wildman–Crippen MR) is 63.0 cm³/mol. The molecule has 2 rings (SSSR count). The maximum atomic E-state index is 13.2. The Morgan fingerprint density at radius 1 is 1.50 bits per heavy atom. The second-order valence-electron chi connectivity index (χ2n) is 3.58. The van der Waals surface area contributed by atoms with Crippen LogP contribution in [-0.2, 0) is 4.74 Å². The normalized spacial score (nSPS) is 10.4. The van der Waals surface area contributed by atoms with E-state index in [1.807, 2.05) is 0 Å². The van der Waals surface area contributed by atoms with Crippen molar-refractivity contribution >= 4 is 17.6 Å². The van der Waals surface area contributed by atoms with Crippen molar-refractivity contribution in [3.05, 3.63) is 40.4 Å². The van der Waals surface area contributed by atoms with Gasteiger partial charge in [0.25, 0.3) is 0 Å². The fourth-order valence-electron chi connectivity index (χ4n) is 1.58. The molecule has 0 aliphatic carbocycles. The third-order valence-electron chi connectivity index (χ3n) is 2.44. The third-order valence-corrected chi connectivity index (χ3v) is 2.77. The maximum absolute atomic E-state index is 13.2. The Balaban J connectivity index is 2.64. The minimum absolute atomic E-state index is 0.144.